The van der Waals surface area contributed by atoms with Gasteiger partial charge in [-0.1, -0.05) is 6.07 Å². The number of methoxy groups -OCH3 is 1. The van der Waals surface area contributed by atoms with E-state index in [1.54, 1.807) is 0 Å². The molecule has 1 aromatic carbocycles. The maximum absolute atomic E-state index is 13.1. The number of nitrogens with two attached hydrogens (primary N) is 1. The van der Waals surface area contributed by atoms with Crippen LogP contribution in [0.3, 0.4) is 0 Å². The van der Waals surface area contributed by atoms with E-state index in [0.717, 1.165) is 0 Å². The summed E-state index contributed by atoms with van der Waals surface area (Å²) in [5.41, 5.74) is 5.60. The topological polar surface area (TPSA) is 55.5 Å². The molecule has 0 heterocycles. The van der Waals surface area contributed by atoms with E-state index in [9.17, 15) is 8.78 Å². The van der Waals surface area contributed by atoms with Gasteiger partial charge in [0.25, 0.3) is 5.92 Å². The highest BCUT2D eigenvalue weighted by Gasteiger charge is 2.37. The van der Waals surface area contributed by atoms with Gasteiger partial charge in [0.2, 0.25) is 0 Å². The van der Waals surface area contributed by atoms with Gasteiger partial charge in [-0.05, 0) is 33.6 Å². The molecule has 0 fully saturated rings. The number of halogens is 4. The molecule has 0 saturated heterocycles. The largest absolute Gasteiger partial charge is 0.496 e. The molecule has 17 heavy (non-hydrogen) atoms. The highest BCUT2D eigenvalue weighted by Crippen LogP contribution is 2.33. The number of alkyl halides is 2. The monoisotopic (exact) mass is 331 g/mol. The van der Waals surface area contributed by atoms with Crippen LogP contribution in [-0.2, 0) is 0 Å². The number of aliphatic hydroxyl groups excluding tert-OH is 1. The smallest absolute Gasteiger partial charge is 0.289 e. The molecule has 3 nitrogen and oxygen atoms in total. The Balaban J connectivity index is 0.00000256. The molecule has 98 valence electrons. The first-order chi connectivity index (χ1) is 7.42. The van der Waals surface area contributed by atoms with E-state index in [1.165, 1.54) is 25.3 Å². The molecular weight excluding hydrogens is 319 g/mol. The van der Waals surface area contributed by atoms with Gasteiger partial charge in [-0.3, -0.25) is 0 Å². The Kier molecular flexibility index (Phi) is 6.32. The lowest BCUT2D eigenvalue weighted by Gasteiger charge is -2.22. The van der Waals surface area contributed by atoms with Crippen LogP contribution >= 0.6 is 28.3 Å². The van der Waals surface area contributed by atoms with E-state index in [2.05, 4.69) is 15.9 Å². The van der Waals surface area contributed by atoms with E-state index >= 15 is 0 Å². The minimum Gasteiger partial charge on any atom is -0.496 e. The van der Waals surface area contributed by atoms with Crippen LogP contribution in [0.25, 0.3) is 0 Å². The summed E-state index contributed by atoms with van der Waals surface area (Å²) < 4.78 is 31.8. The normalized spacial score (nSPS) is 12.8. The van der Waals surface area contributed by atoms with Gasteiger partial charge >= 0.3 is 0 Å². The average Bonchev–Trinajstić information content (AvgIpc) is 2.27. The molecule has 1 aromatic rings. The molecule has 0 aliphatic rings. The summed E-state index contributed by atoms with van der Waals surface area (Å²) in [5, 5.41) is 8.53. The summed E-state index contributed by atoms with van der Waals surface area (Å²) in [5.74, 6) is -2.81. The molecule has 0 aliphatic carbocycles. The lowest BCUT2D eigenvalue weighted by atomic mass is 10.0. The molecule has 0 spiro atoms. The van der Waals surface area contributed by atoms with Crippen molar-refractivity contribution in [3.05, 3.63) is 28.2 Å². The van der Waals surface area contributed by atoms with Crippen molar-refractivity contribution in [1.29, 1.82) is 0 Å². The summed E-state index contributed by atoms with van der Waals surface area (Å²) >= 11 is 3.18. The van der Waals surface area contributed by atoms with Gasteiger partial charge in [-0.15, -0.1) is 12.4 Å². The quantitative estimate of drug-likeness (QED) is 0.891. The molecular formula is C10H13BrClF2NO2. The third kappa shape index (κ3) is 3.77. The molecule has 0 radical (unpaired) electrons. The maximum Gasteiger partial charge on any atom is 0.289 e. The first-order valence-electron chi connectivity index (χ1n) is 4.50. The van der Waals surface area contributed by atoms with Crippen LogP contribution in [0.1, 0.15) is 11.6 Å². The summed E-state index contributed by atoms with van der Waals surface area (Å²) in [4.78, 5) is 0. The predicted molar refractivity (Wildman–Crippen MR) is 66.9 cm³/mol. The Morgan fingerprint density at radius 2 is 2.12 bits per heavy atom. The SMILES string of the molecule is COc1ccc([C@@H](N)C(F)(F)CO)cc1Br.Cl. The molecule has 7 heteroatoms. The average molecular weight is 333 g/mol. The van der Waals surface area contributed by atoms with Crippen molar-refractivity contribution in [1.82, 2.24) is 0 Å². The number of rotatable bonds is 4. The third-order valence-electron chi connectivity index (χ3n) is 2.20. The van der Waals surface area contributed by atoms with Crippen LogP contribution in [0.4, 0.5) is 8.78 Å². The van der Waals surface area contributed by atoms with Crippen molar-refractivity contribution in [3.8, 4) is 5.75 Å². The van der Waals surface area contributed by atoms with E-state index in [-0.39, 0.29) is 18.0 Å². The lowest BCUT2D eigenvalue weighted by molar-refractivity contribution is -0.0712. The van der Waals surface area contributed by atoms with E-state index < -0.39 is 18.6 Å². The molecule has 0 aliphatic heterocycles. The van der Waals surface area contributed by atoms with Crippen LogP contribution in [-0.4, -0.2) is 24.7 Å². The van der Waals surface area contributed by atoms with Gasteiger partial charge in [0, 0.05) is 0 Å². The first kappa shape index (κ1) is 16.6. The highest BCUT2D eigenvalue weighted by molar-refractivity contribution is 9.10. The predicted octanol–water partition coefficient (Wildman–Crippen LogP) is 2.51. The van der Waals surface area contributed by atoms with Crippen LogP contribution in [0, 0.1) is 0 Å². The zero-order valence-electron chi connectivity index (χ0n) is 8.99. The fraction of sp³-hybridized carbons (Fsp3) is 0.400. The van der Waals surface area contributed by atoms with Crippen LogP contribution in [0.5, 0.6) is 5.75 Å². The Hall–Kier alpha value is -0.430. The van der Waals surface area contributed by atoms with Crippen molar-refractivity contribution < 1.29 is 18.6 Å². The van der Waals surface area contributed by atoms with Gasteiger partial charge in [0.05, 0.1) is 17.6 Å². The van der Waals surface area contributed by atoms with Crippen LogP contribution < -0.4 is 10.5 Å². The Morgan fingerprint density at radius 1 is 1.53 bits per heavy atom. The minimum atomic E-state index is -3.34. The molecule has 0 unspecified atom stereocenters. The van der Waals surface area contributed by atoms with Gasteiger partial charge < -0.3 is 15.6 Å². The Labute approximate surface area is 112 Å². The summed E-state index contributed by atoms with van der Waals surface area (Å²) in [6, 6.07) is 2.89. The summed E-state index contributed by atoms with van der Waals surface area (Å²) in [6.45, 7) is -1.28. The van der Waals surface area contributed by atoms with E-state index in [1.807, 2.05) is 0 Å². The fourth-order valence-corrected chi connectivity index (χ4v) is 1.78. The summed E-state index contributed by atoms with van der Waals surface area (Å²) in [7, 11) is 1.47. The van der Waals surface area contributed by atoms with Crippen LogP contribution in [0.2, 0.25) is 0 Å². The maximum atomic E-state index is 13.1. The second-order valence-corrected chi connectivity index (χ2v) is 4.15. The molecule has 1 atom stereocenters. The Bertz CT molecular complexity index is 379. The zero-order valence-corrected chi connectivity index (χ0v) is 11.4. The van der Waals surface area contributed by atoms with E-state index in [4.69, 9.17) is 15.6 Å². The van der Waals surface area contributed by atoms with Crippen molar-refractivity contribution in [2.75, 3.05) is 13.7 Å². The molecule has 0 amide bonds. The van der Waals surface area contributed by atoms with Crippen molar-refractivity contribution in [2.24, 2.45) is 5.73 Å². The van der Waals surface area contributed by atoms with Gasteiger partial charge in [-0.2, -0.15) is 0 Å². The van der Waals surface area contributed by atoms with E-state index in [0.29, 0.717) is 10.2 Å². The Morgan fingerprint density at radius 3 is 2.53 bits per heavy atom. The second kappa shape index (κ2) is 6.49. The lowest BCUT2D eigenvalue weighted by Crippen LogP contribution is -2.36. The van der Waals surface area contributed by atoms with Crippen molar-refractivity contribution in [3.63, 3.8) is 0 Å². The van der Waals surface area contributed by atoms with Crippen molar-refractivity contribution in [2.45, 2.75) is 12.0 Å². The standard InChI is InChI=1S/C10H12BrF2NO2.ClH/c1-16-8-3-2-6(4-7(8)11)9(14)10(12,13)5-15;/h2-4,9,15H,5,14H2,1H3;1H/t9-;/m1./s1. The zero-order chi connectivity index (χ0) is 12.3. The van der Waals surface area contributed by atoms with Gasteiger partial charge in [0.1, 0.15) is 12.4 Å². The van der Waals surface area contributed by atoms with Crippen LogP contribution in [0.15, 0.2) is 22.7 Å². The van der Waals surface area contributed by atoms with Gasteiger partial charge in [0.15, 0.2) is 0 Å². The minimum absolute atomic E-state index is 0. The summed E-state index contributed by atoms with van der Waals surface area (Å²) in [6.07, 6.45) is 0. The molecule has 0 aromatic heterocycles. The number of hydrogen-bond acceptors (Lipinski definition) is 3. The second-order valence-electron chi connectivity index (χ2n) is 3.29. The molecule has 0 saturated carbocycles. The fourth-order valence-electron chi connectivity index (χ4n) is 1.22. The third-order valence-corrected chi connectivity index (χ3v) is 2.82. The van der Waals surface area contributed by atoms with Gasteiger partial charge in [-0.25, -0.2) is 8.78 Å². The number of hydrogen-bond donors (Lipinski definition) is 2. The molecule has 3 N–H and O–H groups in total. The van der Waals surface area contributed by atoms with Crippen molar-refractivity contribution >= 4 is 28.3 Å². The molecule has 0 bridgehead atoms. The first-order valence-corrected chi connectivity index (χ1v) is 5.29. The highest BCUT2D eigenvalue weighted by atomic mass is 79.9. The number of benzene rings is 1. The number of ether oxygens (including phenoxy) is 1. The molecule has 1 rings (SSSR count). The number of aliphatic hydroxyl groups is 1.